The minimum atomic E-state index is -0.649. The molecule has 10 heteroatoms. The van der Waals surface area contributed by atoms with Gasteiger partial charge in [-0.3, -0.25) is 9.59 Å². The molecule has 0 bridgehead atoms. The maximum atomic E-state index is 11.9. The van der Waals surface area contributed by atoms with Crippen LogP contribution in [0, 0.1) is 0 Å². The molecule has 1 aromatic rings. The third-order valence-electron chi connectivity index (χ3n) is 3.59. The molecule has 0 spiro atoms. The summed E-state index contributed by atoms with van der Waals surface area (Å²) < 4.78 is 5.33. The first-order chi connectivity index (χ1) is 12.8. The zero-order chi connectivity index (χ0) is 19.8. The van der Waals surface area contributed by atoms with Gasteiger partial charge in [-0.05, 0) is 12.1 Å². The van der Waals surface area contributed by atoms with Gasteiger partial charge in [0.2, 0.25) is 0 Å². The fourth-order valence-electron chi connectivity index (χ4n) is 2.15. The quantitative estimate of drug-likeness (QED) is 0.629. The zero-order valence-corrected chi connectivity index (χ0v) is 16.3. The normalized spacial score (nSPS) is 17.2. The second-order valence-corrected chi connectivity index (χ2v) is 6.67. The fourth-order valence-corrected chi connectivity index (χ4v) is 2.43. The van der Waals surface area contributed by atoms with Gasteiger partial charge in [0.25, 0.3) is 11.8 Å². The summed E-state index contributed by atoms with van der Waals surface area (Å²) >= 11 is 11.7. The van der Waals surface area contributed by atoms with Crippen molar-refractivity contribution in [1.29, 1.82) is 0 Å². The molecule has 0 radical (unpaired) electrons. The Hall–Kier alpha value is -1.84. The standard InChI is InChI=1S/C17H21Cl2N3O5/c1-11(5-7-20-17(24)15-6-8-22(2)27-26-15)21-16(23)10-25-12-3-4-13(18)14(19)9-12/h3-4,9,15H,1,5-8,10H2,2H3,(H,20,24)(H,21,23). The van der Waals surface area contributed by atoms with Gasteiger partial charge in [0.1, 0.15) is 5.75 Å². The molecule has 8 nitrogen and oxygen atoms in total. The minimum absolute atomic E-state index is 0.204. The van der Waals surface area contributed by atoms with E-state index in [9.17, 15) is 9.59 Å². The summed E-state index contributed by atoms with van der Waals surface area (Å²) in [5.74, 6) is -0.215. The SMILES string of the molecule is C=C(CCNC(=O)C1CCN(C)OO1)NC(=O)COc1ccc(Cl)c(Cl)c1. The van der Waals surface area contributed by atoms with E-state index in [1.54, 1.807) is 19.2 Å². The van der Waals surface area contributed by atoms with Crippen molar-refractivity contribution in [3.05, 3.63) is 40.5 Å². The molecule has 1 atom stereocenters. The van der Waals surface area contributed by atoms with Crippen LogP contribution in [-0.2, 0) is 19.5 Å². The van der Waals surface area contributed by atoms with Crippen LogP contribution in [0.3, 0.4) is 0 Å². The van der Waals surface area contributed by atoms with E-state index >= 15 is 0 Å². The zero-order valence-electron chi connectivity index (χ0n) is 14.8. The molecule has 2 rings (SSSR count). The predicted molar refractivity (Wildman–Crippen MR) is 100 cm³/mol. The Morgan fingerprint density at radius 2 is 2.15 bits per heavy atom. The molecule has 1 aliphatic heterocycles. The van der Waals surface area contributed by atoms with Crippen LogP contribution in [0.15, 0.2) is 30.5 Å². The van der Waals surface area contributed by atoms with Crippen molar-refractivity contribution in [2.75, 3.05) is 26.7 Å². The Morgan fingerprint density at radius 1 is 1.37 bits per heavy atom. The highest BCUT2D eigenvalue weighted by Gasteiger charge is 2.25. The number of hydrogen-bond acceptors (Lipinski definition) is 6. The van der Waals surface area contributed by atoms with E-state index in [2.05, 4.69) is 17.2 Å². The van der Waals surface area contributed by atoms with E-state index in [1.807, 2.05) is 0 Å². The number of rotatable bonds is 8. The van der Waals surface area contributed by atoms with E-state index in [0.717, 1.165) is 0 Å². The van der Waals surface area contributed by atoms with E-state index in [0.29, 0.717) is 47.4 Å². The topological polar surface area (TPSA) is 89.1 Å². The number of ether oxygens (including phenoxy) is 1. The van der Waals surface area contributed by atoms with Crippen LogP contribution in [0.25, 0.3) is 0 Å². The maximum absolute atomic E-state index is 11.9. The molecule has 27 heavy (non-hydrogen) atoms. The van der Waals surface area contributed by atoms with E-state index in [1.165, 1.54) is 11.1 Å². The molecule has 1 aliphatic rings. The van der Waals surface area contributed by atoms with Gasteiger partial charge in [0.15, 0.2) is 12.7 Å². The molecule has 148 valence electrons. The van der Waals surface area contributed by atoms with Crippen molar-refractivity contribution in [2.45, 2.75) is 18.9 Å². The summed E-state index contributed by atoms with van der Waals surface area (Å²) in [6, 6.07) is 4.72. The fraction of sp³-hybridized carbons (Fsp3) is 0.412. The van der Waals surface area contributed by atoms with Gasteiger partial charge >= 0.3 is 0 Å². The Bertz CT molecular complexity index is 693. The minimum Gasteiger partial charge on any atom is -0.484 e. The maximum Gasteiger partial charge on any atom is 0.262 e. The van der Waals surface area contributed by atoms with Crippen LogP contribution in [0.5, 0.6) is 5.75 Å². The molecular weight excluding hydrogens is 397 g/mol. The molecule has 1 saturated heterocycles. The van der Waals surface area contributed by atoms with Gasteiger partial charge < -0.3 is 15.4 Å². The highest BCUT2D eigenvalue weighted by atomic mass is 35.5. The summed E-state index contributed by atoms with van der Waals surface area (Å²) in [7, 11) is 1.71. The highest BCUT2D eigenvalue weighted by molar-refractivity contribution is 6.42. The molecule has 0 saturated carbocycles. The molecule has 1 unspecified atom stereocenters. The lowest BCUT2D eigenvalue weighted by atomic mass is 10.2. The summed E-state index contributed by atoms with van der Waals surface area (Å²) in [4.78, 5) is 33.6. The lowest BCUT2D eigenvalue weighted by Crippen LogP contribution is -2.43. The van der Waals surface area contributed by atoms with E-state index in [-0.39, 0.29) is 18.4 Å². The number of hydrogen-bond donors (Lipinski definition) is 2. The van der Waals surface area contributed by atoms with Gasteiger partial charge in [-0.25, -0.2) is 4.89 Å². The van der Waals surface area contributed by atoms with Crippen LogP contribution in [0.2, 0.25) is 10.0 Å². The van der Waals surface area contributed by atoms with Gasteiger partial charge in [0, 0.05) is 44.7 Å². The Balaban J connectivity index is 1.62. The van der Waals surface area contributed by atoms with Crippen molar-refractivity contribution in [3.63, 3.8) is 0 Å². The summed E-state index contributed by atoms with van der Waals surface area (Å²) in [5, 5.41) is 7.56. The number of carbonyl (C=O) groups is 2. The number of amides is 2. The van der Waals surface area contributed by atoms with Crippen LogP contribution in [-0.4, -0.2) is 49.7 Å². The number of nitrogens with one attached hydrogen (secondary N) is 2. The Labute approximate surface area is 167 Å². The summed E-state index contributed by atoms with van der Waals surface area (Å²) in [5.41, 5.74) is 0.457. The molecule has 1 fully saturated rings. The summed E-state index contributed by atoms with van der Waals surface area (Å²) in [6.45, 7) is 4.45. The number of carbonyl (C=O) groups excluding carboxylic acids is 2. The van der Waals surface area contributed by atoms with E-state index in [4.69, 9.17) is 37.8 Å². The highest BCUT2D eigenvalue weighted by Crippen LogP contribution is 2.26. The smallest absolute Gasteiger partial charge is 0.262 e. The average molecular weight is 418 g/mol. The number of halogens is 2. The second-order valence-electron chi connectivity index (χ2n) is 5.86. The molecular formula is C17H21Cl2N3O5. The molecule has 1 aromatic carbocycles. The van der Waals surface area contributed by atoms with Crippen molar-refractivity contribution >= 4 is 35.0 Å². The van der Waals surface area contributed by atoms with Crippen molar-refractivity contribution in [2.24, 2.45) is 0 Å². The van der Waals surface area contributed by atoms with Gasteiger partial charge in [-0.2, -0.15) is 5.06 Å². The van der Waals surface area contributed by atoms with Gasteiger partial charge in [-0.1, -0.05) is 29.8 Å². The summed E-state index contributed by atoms with van der Waals surface area (Å²) in [6.07, 6.45) is 0.257. The van der Waals surface area contributed by atoms with Crippen molar-refractivity contribution < 1.29 is 24.2 Å². The molecule has 2 N–H and O–H groups in total. The van der Waals surface area contributed by atoms with Gasteiger partial charge in [0.05, 0.1) is 10.0 Å². The number of benzene rings is 1. The molecule has 2 amide bonds. The Morgan fingerprint density at radius 3 is 2.81 bits per heavy atom. The van der Waals surface area contributed by atoms with Gasteiger partial charge in [-0.15, -0.1) is 4.99 Å². The Kier molecular flexibility index (Phi) is 8.33. The van der Waals surface area contributed by atoms with Crippen LogP contribution in [0.4, 0.5) is 0 Å². The predicted octanol–water partition coefficient (Wildman–Crippen LogP) is 2.08. The average Bonchev–Trinajstić information content (AvgIpc) is 2.63. The van der Waals surface area contributed by atoms with Crippen LogP contribution >= 0.6 is 23.2 Å². The number of hydroxylamine groups is 2. The third-order valence-corrected chi connectivity index (χ3v) is 4.33. The monoisotopic (exact) mass is 417 g/mol. The molecule has 0 aliphatic carbocycles. The van der Waals surface area contributed by atoms with Crippen LogP contribution < -0.4 is 15.4 Å². The first-order valence-corrected chi connectivity index (χ1v) is 8.98. The lowest BCUT2D eigenvalue weighted by molar-refractivity contribution is -0.453. The molecule has 0 aromatic heterocycles. The van der Waals surface area contributed by atoms with Crippen molar-refractivity contribution in [3.8, 4) is 5.75 Å². The largest absolute Gasteiger partial charge is 0.484 e. The third kappa shape index (κ3) is 7.36. The first kappa shape index (κ1) is 21.5. The van der Waals surface area contributed by atoms with E-state index < -0.39 is 6.10 Å². The lowest BCUT2D eigenvalue weighted by Gasteiger charge is -2.26. The first-order valence-electron chi connectivity index (χ1n) is 8.23. The molecule has 1 heterocycles. The second kappa shape index (κ2) is 10.5. The van der Waals surface area contributed by atoms with Crippen molar-refractivity contribution in [1.82, 2.24) is 15.7 Å². The van der Waals surface area contributed by atoms with Crippen LogP contribution in [0.1, 0.15) is 12.8 Å². The number of nitrogens with zero attached hydrogens (tertiary/aromatic N) is 1.